The fourth-order valence-electron chi connectivity index (χ4n) is 1.46. The number of likely N-dealkylation sites (tertiary alicyclic amines) is 1. The normalized spacial score (nSPS) is 19.4. The lowest BCUT2D eigenvalue weighted by molar-refractivity contribution is -0.147. The summed E-state index contributed by atoms with van der Waals surface area (Å²) in [6.45, 7) is 3.75. The SMILES string of the molecule is CC/C(F)=C\CCN1CC(C(=O)O)C1. The fourth-order valence-corrected chi connectivity index (χ4v) is 1.46. The standard InChI is InChI=1S/C10H16FNO2/c1-2-9(11)4-3-5-12-6-8(7-12)10(13)14/h4,8H,2-3,5-7H2,1H3,(H,13,14)/b9-4+. The van der Waals surface area contributed by atoms with Crippen molar-refractivity contribution in [2.75, 3.05) is 19.6 Å². The van der Waals surface area contributed by atoms with Crippen LogP contribution in [0.5, 0.6) is 0 Å². The highest BCUT2D eigenvalue weighted by atomic mass is 19.1. The Kier molecular flexibility index (Phi) is 4.07. The van der Waals surface area contributed by atoms with E-state index in [1.807, 2.05) is 4.90 Å². The number of nitrogens with zero attached hydrogens (tertiary/aromatic N) is 1. The smallest absolute Gasteiger partial charge is 0.309 e. The Morgan fingerprint density at radius 3 is 2.79 bits per heavy atom. The molecule has 1 fully saturated rings. The van der Waals surface area contributed by atoms with E-state index in [0.29, 0.717) is 25.9 Å². The molecule has 0 radical (unpaired) electrons. The zero-order chi connectivity index (χ0) is 10.6. The zero-order valence-corrected chi connectivity index (χ0v) is 8.37. The molecule has 3 nitrogen and oxygen atoms in total. The van der Waals surface area contributed by atoms with Crippen LogP contribution in [0.25, 0.3) is 0 Å². The molecule has 1 heterocycles. The summed E-state index contributed by atoms with van der Waals surface area (Å²) in [5.41, 5.74) is 0. The molecule has 80 valence electrons. The molecule has 0 aliphatic carbocycles. The van der Waals surface area contributed by atoms with Crippen LogP contribution in [0.15, 0.2) is 11.9 Å². The van der Waals surface area contributed by atoms with Crippen LogP contribution in [0.3, 0.4) is 0 Å². The van der Waals surface area contributed by atoms with E-state index in [0.717, 1.165) is 6.54 Å². The van der Waals surface area contributed by atoms with Crippen LogP contribution in [0.4, 0.5) is 4.39 Å². The summed E-state index contributed by atoms with van der Waals surface area (Å²) in [6, 6.07) is 0. The maximum atomic E-state index is 12.7. The molecular formula is C10H16FNO2. The van der Waals surface area contributed by atoms with Gasteiger partial charge in [0.1, 0.15) is 0 Å². The third-order valence-electron chi connectivity index (χ3n) is 2.46. The minimum absolute atomic E-state index is 0.0830. The number of halogens is 1. The van der Waals surface area contributed by atoms with Crippen LogP contribution in [0.2, 0.25) is 0 Å². The van der Waals surface area contributed by atoms with Gasteiger partial charge in [-0.1, -0.05) is 13.0 Å². The van der Waals surface area contributed by atoms with E-state index in [1.54, 1.807) is 13.0 Å². The molecule has 0 aromatic carbocycles. The lowest BCUT2D eigenvalue weighted by Crippen LogP contribution is -2.50. The molecule has 1 rings (SSSR count). The summed E-state index contributed by atoms with van der Waals surface area (Å²) in [5.74, 6) is -1.02. The molecule has 0 unspecified atom stereocenters. The van der Waals surface area contributed by atoms with Crippen molar-refractivity contribution < 1.29 is 14.3 Å². The first-order valence-corrected chi connectivity index (χ1v) is 4.93. The van der Waals surface area contributed by atoms with Gasteiger partial charge in [0.25, 0.3) is 0 Å². The number of carboxylic acid groups (broad SMARTS) is 1. The highest BCUT2D eigenvalue weighted by molar-refractivity contribution is 5.71. The minimum atomic E-state index is -0.725. The van der Waals surface area contributed by atoms with E-state index in [2.05, 4.69) is 0 Å². The molecule has 4 heteroatoms. The molecule has 0 amide bonds. The predicted molar refractivity (Wildman–Crippen MR) is 51.7 cm³/mol. The molecule has 1 N–H and O–H groups in total. The maximum absolute atomic E-state index is 12.7. The van der Waals surface area contributed by atoms with Gasteiger partial charge in [-0.3, -0.25) is 4.79 Å². The van der Waals surface area contributed by atoms with Gasteiger partial charge in [-0.2, -0.15) is 0 Å². The monoisotopic (exact) mass is 201 g/mol. The topological polar surface area (TPSA) is 40.5 Å². The minimum Gasteiger partial charge on any atom is -0.481 e. The van der Waals surface area contributed by atoms with Crippen LogP contribution >= 0.6 is 0 Å². The molecular weight excluding hydrogens is 185 g/mol. The Bertz CT molecular complexity index is 234. The number of hydrogen-bond acceptors (Lipinski definition) is 2. The fraction of sp³-hybridized carbons (Fsp3) is 0.700. The molecule has 0 aromatic heterocycles. The number of hydrogen-bond donors (Lipinski definition) is 1. The molecule has 0 aromatic rings. The van der Waals surface area contributed by atoms with Gasteiger partial charge >= 0.3 is 5.97 Å². The number of aliphatic carboxylic acids is 1. The van der Waals surface area contributed by atoms with Crippen LogP contribution < -0.4 is 0 Å². The van der Waals surface area contributed by atoms with Crippen molar-refractivity contribution in [3.8, 4) is 0 Å². The largest absolute Gasteiger partial charge is 0.481 e. The molecule has 0 saturated carbocycles. The van der Waals surface area contributed by atoms with Crippen LogP contribution in [0.1, 0.15) is 19.8 Å². The Hall–Kier alpha value is -0.900. The Morgan fingerprint density at radius 1 is 1.64 bits per heavy atom. The maximum Gasteiger partial charge on any atom is 0.309 e. The van der Waals surface area contributed by atoms with Gasteiger partial charge in [-0.25, -0.2) is 4.39 Å². The third-order valence-corrected chi connectivity index (χ3v) is 2.46. The Labute approximate surface area is 83.2 Å². The number of rotatable bonds is 5. The first-order chi connectivity index (χ1) is 6.63. The van der Waals surface area contributed by atoms with Crippen molar-refractivity contribution in [3.63, 3.8) is 0 Å². The number of carbonyl (C=O) groups is 1. The van der Waals surface area contributed by atoms with Crippen molar-refractivity contribution in [3.05, 3.63) is 11.9 Å². The van der Waals surface area contributed by atoms with E-state index >= 15 is 0 Å². The van der Waals surface area contributed by atoms with Gasteiger partial charge in [0, 0.05) is 19.6 Å². The summed E-state index contributed by atoms with van der Waals surface area (Å²) in [5, 5.41) is 8.60. The van der Waals surface area contributed by atoms with E-state index in [-0.39, 0.29) is 11.7 Å². The average molecular weight is 201 g/mol. The van der Waals surface area contributed by atoms with Gasteiger partial charge in [-0.15, -0.1) is 0 Å². The molecule has 14 heavy (non-hydrogen) atoms. The summed E-state index contributed by atoms with van der Waals surface area (Å²) < 4.78 is 12.7. The van der Waals surface area contributed by atoms with Gasteiger partial charge in [0.05, 0.1) is 11.7 Å². The Balaban J connectivity index is 2.09. The van der Waals surface area contributed by atoms with Crippen LogP contribution in [-0.2, 0) is 4.79 Å². The summed E-state index contributed by atoms with van der Waals surface area (Å²) in [6.07, 6.45) is 2.69. The lowest BCUT2D eigenvalue weighted by Gasteiger charge is -2.36. The summed E-state index contributed by atoms with van der Waals surface area (Å²) in [4.78, 5) is 12.5. The molecule has 1 aliphatic rings. The summed E-state index contributed by atoms with van der Waals surface area (Å²) >= 11 is 0. The van der Waals surface area contributed by atoms with E-state index in [9.17, 15) is 9.18 Å². The van der Waals surface area contributed by atoms with Gasteiger partial charge in [0.2, 0.25) is 0 Å². The zero-order valence-electron chi connectivity index (χ0n) is 8.37. The molecule has 0 atom stereocenters. The third kappa shape index (κ3) is 3.10. The highest BCUT2D eigenvalue weighted by Crippen LogP contribution is 2.16. The van der Waals surface area contributed by atoms with Crippen molar-refractivity contribution in [1.82, 2.24) is 4.90 Å². The Morgan fingerprint density at radius 2 is 2.29 bits per heavy atom. The van der Waals surface area contributed by atoms with Crippen molar-refractivity contribution in [1.29, 1.82) is 0 Å². The molecule has 1 aliphatic heterocycles. The van der Waals surface area contributed by atoms with E-state index in [4.69, 9.17) is 5.11 Å². The second-order valence-electron chi connectivity index (χ2n) is 3.59. The molecule has 0 spiro atoms. The van der Waals surface area contributed by atoms with Crippen molar-refractivity contribution in [2.45, 2.75) is 19.8 Å². The summed E-state index contributed by atoms with van der Waals surface area (Å²) in [7, 11) is 0. The second-order valence-corrected chi connectivity index (χ2v) is 3.59. The first kappa shape index (κ1) is 11.2. The van der Waals surface area contributed by atoms with E-state index in [1.165, 1.54) is 0 Å². The first-order valence-electron chi connectivity index (χ1n) is 4.93. The van der Waals surface area contributed by atoms with Gasteiger partial charge in [-0.05, 0) is 12.8 Å². The number of carboxylic acids is 1. The van der Waals surface area contributed by atoms with Gasteiger partial charge < -0.3 is 10.0 Å². The van der Waals surface area contributed by atoms with Crippen LogP contribution in [-0.4, -0.2) is 35.6 Å². The predicted octanol–water partition coefficient (Wildman–Crippen LogP) is 1.66. The quantitative estimate of drug-likeness (QED) is 0.735. The van der Waals surface area contributed by atoms with Crippen molar-refractivity contribution >= 4 is 5.97 Å². The highest BCUT2D eigenvalue weighted by Gasteiger charge is 2.31. The molecule has 0 bridgehead atoms. The van der Waals surface area contributed by atoms with Crippen molar-refractivity contribution in [2.24, 2.45) is 5.92 Å². The van der Waals surface area contributed by atoms with E-state index < -0.39 is 5.97 Å². The average Bonchev–Trinajstić information content (AvgIpc) is 2.07. The molecule has 1 saturated heterocycles. The number of allylic oxidation sites excluding steroid dienone is 1. The van der Waals surface area contributed by atoms with Crippen LogP contribution in [0, 0.1) is 5.92 Å². The second kappa shape index (κ2) is 5.10. The van der Waals surface area contributed by atoms with Gasteiger partial charge in [0.15, 0.2) is 0 Å². The lowest BCUT2D eigenvalue weighted by atomic mass is 10.0.